The van der Waals surface area contributed by atoms with Crippen molar-refractivity contribution in [2.75, 3.05) is 0 Å². The van der Waals surface area contributed by atoms with E-state index in [0.29, 0.717) is 0 Å². The Bertz CT molecular complexity index is 2560. The summed E-state index contributed by atoms with van der Waals surface area (Å²) in [5.74, 6) is -3.08. The molecule has 1 heterocycles. The molecular weight excluding hydrogens is 819 g/mol. The highest BCUT2D eigenvalue weighted by atomic mass is 19.4. The first-order chi connectivity index (χ1) is 26.6. The molecular formula is C34H4F15N9. The average Bonchev–Trinajstić information content (AvgIpc) is 3.82. The molecule has 0 spiro atoms. The summed E-state index contributed by atoms with van der Waals surface area (Å²) < 4.78 is 213. The van der Waals surface area contributed by atoms with E-state index in [0.717, 1.165) is 18.2 Å². The van der Waals surface area contributed by atoms with Crippen LogP contribution in [0.5, 0.6) is 0 Å². The van der Waals surface area contributed by atoms with Crippen molar-refractivity contribution in [3.05, 3.63) is 108 Å². The van der Waals surface area contributed by atoms with Gasteiger partial charge in [0, 0.05) is 27.8 Å². The van der Waals surface area contributed by atoms with E-state index in [1.807, 2.05) is 0 Å². The summed E-state index contributed by atoms with van der Waals surface area (Å²) in [6, 6.07) is 8.04. The number of hydrogen-bond donors (Lipinski definition) is 0. The summed E-state index contributed by atoms with van der Waals surface area (Å²) in [7, 11) is 0. The number of nitriles is 7. The Balaban J connectivity index is 2.49. The number of hydrogen-bond acceptors (Lipinski definition) is 9. The van der Waals surface area contributed by atoms with Gasteiger partial charge in [-0.2, -0.15) is 103 Å². The molecule has 4 rings (SSSR count). The zero-order valence-corrected chi connectivity index (χ0v) is 27.0. The molecule has 0 radical (unpaired) electrons. The van der Waals surface area contributed by atoms with Crippen molar-refractivity contribution in [3.8, 4) is 42.5 Å². The Kier molecular flexibility index (Phi) is 10.6. The third-order valence-electron chi connectivity index (χ3n) is 7.67. The largest absolute Gasteiger partial charge is 0.451 e. The summed E-state index contributed by atoms with van der Waals surface area (Å²) in [6.07, 6.45) is -30.3. The van der Waals surface area contributed by atoms with E-state index in [9.17, 15) is 103 Å². The minimum atomic E-state index is -6.39. The maximum absolute atomic E-state index is 14.4. The van der Waals surface area contributed by atoms with Gasteiger partial charge < -0.3 is 0 Å². The summed E-state index contributed by atoms with van der Waals surface area (Å²) in [5.41, 5.74) is -30.3. The van der Waals surface area contributed by atoms with Crippen LogP contribution in [-0.4, -0.2) is 9.97 Å². The van der Waals surface area contributed by atoms with Gasteiger partial charge in [-0.3, -0.25) is 0 Å². The van der Waals surface area contributed by atoms with Gasteiger partial charge in [-0.15, -0.1) is 0 Å². The minimum absolute atomic E-state index is 0.0495. The lowest BCUT2D eigenvalue weighted by Crippen LogP contribution is -2.25. The summed E-state index contributed by atoms with van der Waals surface area (Å²) >= 11 is 0. The monoisotopic (exact) mass is 823 g/mol. The number of alkyl halides is 15. The van der Waals surface area contributed by atoms with Crippen molar-refractivity contribution in [2.24, 2.45) is 0 Å². The highest BCUT2D eigenvalue weighted by molar-refractivity contribution is 6.13. The van der Waals surface area contributed by atoms with Gasteiger partial charge in [0.2, 0.25) is 5.82 Å². The molecule has 2 aromatic carbocycles. The lowest BCUT2D eigenvalue weighted by molar-refractivity contribution is -0.160. The number of nitrogens with zero attached hydrogens (tertiary/aromatic N) is 9. The van der Waals surface area contributed by atoms with E-state index < -0.39 is 132 Å². The van der Waals surface area contributed by atoms with E-state index in [4.69, 9.17) is 0 Å². The molecule has 58 heavy (non-hydrogen) atoms. The standard InChI is InChI=1S/C34H4F15N9/c35-30(36,37)21-3-14(7-52)12(5-50)1-16(21)18(9-54)23-24(19(10-55)17-2-13(6-51)15(8-53)4-22(17)31(38,39)40)25(23)20(11-56)26-27(32(41,42)43)57-29(34(47,48)49)58-28(26)33(44,45)46/h1-4H/b23-18-,24-19+,25-20?. The molecule has 3 aromatic rings. The molecule has 1 aliphatic carbocycles. The first-order valence-electron chi connectivity index (χ1n) is 14.4. The van der Waals surface area contributed by atoms with Crippen molar-refractivity contribution < 1.29 is 65.9 Å². The van der Waals surface area contributed by atoms with Crippen LogP contribution in [0.2, 0.25) is 0 Å². The summed E-state index contributed by atoms with van der Waals surface area (Å²) in [5, 5.41) is 68.0. The van der Waals surface area contributed by atoms with Gasteiger partial charge in [0.1, 0.15) is 42.5 Å². The van der Waals surface area contributed by atoms with Crippen LogP contribution in [0.1, 0.15) is 67.3 Å². The van der Waals surface area contributed by atoms with Crippen LogP contribution in [0.15, 0.2) is 41.0 Å². The zero-order valence-electron chi connectivity index (χ0n) is 27.0. The molecule has 0 atom stereocenters. The van der Waals surface area contributed by atoms with Gasteiger partial charge in [0.15, 0.2) is 11.4 Å². The van der Waals surface area contributed by atoms with Crippen LogP contribution in [0.4, 0.5) is 65.9 Å². The van der Waals surface area contributed by atoms with Gasteiger partial charge in [-0.25, -0.2) is 9.97 Å². The van der Waals surface area contributed by atoms with Gasteiger partial charge in [0.05, 0.1) is 55.7 Å². The van der Waals surface area contributed by atoms with E-state index in [-0.39, 0.29) is 24.3 Å². The summed E-state index contributed by atoms with van der Waals surface area (Å²) in [4.78, 5) is 4.20. The van der Waals surface area contributed by atoms with Crippen LogP contribution in [0.3, 0.4) is 0 Å². The fourth-order valence-electron chi connectivity index (χ4n) is 5.36. The number of benzene rings is 2. The Morgan fingerprint density at radius 1 is 0.397 bits per heavy atom. The third kappa shape index (κ3) is 7.66. The second-order valence-corrected chi connectivity index (χ2v) is 11.0. The number of halogens is 15. The Labute approximate surface area is 311 Å². The molecule has 1 fully saturated rings. The first-order valence-corrected chi connectivity index (χ1v) is 14.4. The van der Waals surface area contributed by atoms with Crippen molar-refractivity contribution >= 4 is 16.7 Å². The fourth-order valence-corrected chi connectivity index (χ4v) is 5.36. The van der Waals surface area contributed by atoms with Crippen LogP contribution < -0.4 is 0 Å². The van der Waals surface area contributed by atoms with Crippen molar-refractivity contribution in [1.29, 1.82) is 36.8 Å². The predicted molar refractivity (Wildman–Crippen MR) is 156 cm³/mol. The van der Waals surface area contributed by atoms with E-state index >= 15 is 0 Å². The Morgan fingerprint density at radius 2 is 0.690 bits per heavy atom. The summed E-state index contributed by atoms with van der Waals surface area (Å²) in [6.45, 7) is 0. The highest BCUT2D eigenvalue weighted by Gasteiger charge is 2.52. The van der Waals surface area contributed by atoms with E-state index in [1.54, 1.807) is 0 Å². The van der Waals surface area contributed by atoms with Crippen LogP contribution in [0, 0.1) is 79.3 Å². The van der Waals surface area contributed by atoms with Gasteiger partial charge in [-0.05, 0) is 24.3 Å². The molecule has 290 valence electrons. The smallest absolute Gasteiger partial charge is 0.219 e. The second-order valence-electron chi connectivity index (χ2n) is 11.0. The van der Waals surface area contributed by atoms with Gasteiger partial charge in [0.25, 0.3) is 0 Å². The molecule has 0 aliphatic heterocycles. The molecule has 0 bridgehead atoms. The molecule has 0 amide bonds. The molecule has 9 nitrogen and oxygen atoms in total. The van der Waals surface area contributed by atoms with Crippen LogP contribution in [-0.2, 0) is 30.9 Å². The average molecular weight is 823 g/mol. The molecule has 0 saturated heterocycles. The second kappa shape index (κ2) is 14.3. The number of rotatable bonds is 3. The van der Waals surface area contributed by atoms with Gasteiger partial charge in [-0.1, -0.05) is 0 Å². The lowest BCUT2D eigenvalue weighted by Gasteiger charge is -2.18. The van der Waals surface area contributed by atoms with Crippen molar-refractivity contribution in [1.82, 2.24) is 9.97 Å². The van der Waals surface area contributed by atoms with Crippen LogP contribution in [0.25, 0.3) is 16.7 Å². The van der Waals surface area contributed by atoms with Crippen molar-refractivity contribution in [3.63, 3.8) is 0 Å². The highest BCUT2D eigenvalue weighted by Crippen LogP contribution is 2.59. The van der Waals surface area contributed by atoms with Crippen molar-refractivity contribution in [2.45, 2.75) is 30.9 Å². The zero-order chi connectivity index (χ0) is 44.1. The van der Waals surface area contributed by atoms with E-state index in [2.05, 4.69) is 9.97 Å². The molecule has 1 aromatic heterocycles. The maximum atomic E-state index is 14.4. The predicted octanol–water partition coefficient (Wildman–Crippen LogP) is 9.30. The third-order valence-corrected chi connectivity index (χ3v) is 7.67. The maximum Gasteiger partial charge on any atom is 0.451 e. The normalized spacial score (nSPS) is 15.7. The minimum Gasteiger partial charge on any atom is -0.219 e. The topological polar surface area (TPSA) is 192 Å². The number of allylic oxidation sites excluding steroid dienone is 6. The molecule has 1 aliphatic rings. The van der Waals surface area contributed by atoms with Crippen LogP contribution >= 0.6 is 0 Å². The van der Waals surface area contributed by atoms with Gasteiger partial charge >= 0.3 is 30.9 Å². The SMILES string of the molecule is N#CC(=C1C(=C(\C#N)c2cc(C#N)c(C#N)cc2C(F)(F)F)/C1=C(\C#N)c1cc(C#N)c(C#N)cc1C(F)(F)F)c1c(C(F)(F)F)nc(C(F)(F)F)nc1C(F)(F)F. The quantitative estimate of drug-likeness (QED) is 0.183. The number of aromatic nitrogens is 2. The fraction of sp³-hybridized carbons (Fsp3) is 0.147. The Morgan fingerprint density at radius 3 is 0.931 bits per heavy atom. The molecule has 24 heteroatoms. The Hall–Kier alpha value is -7.88. The van der Waals surface area contributed by atoms with E-state index in [1.165, 1.54) is 24.3 Å². The lowest BCUT2D eigenvalue weighted by atomic mass is 9.92. The molecule has 0 N–H and O–H groups in total. The molecule has 0 unspecified atom stereocenters. The molecule has 1 saturated carbocycles. The first kappa shape index (κ1) is 42.9.